The minimum atomic E-state index is 0.312. The van der Waals surface area contributed by atoms with Crippen molar-refractivity contribution in [1.29, 1.82) is 0 Å². The maximum atomic E-state index is 9.64. The topological polar surface area (TPSA) is 38.7 Å². The van der Waals surface area contributed by atoms with E-state index in [2.05, 4.69) is 36.4 Å². The maximum absolute atomic E-state index is 9.64. The van der Waals surface area contributed by atoms with Crippen molar-refractivity contribution in [2.45, 2.75) is 25.7 Å². The molecule has 0 saturated carbocycles. The zero-order chi connectivity index (χ0) is 22.2. The fourth-order valence-corrected chi connectivity index (χ4v) is 3.75. The van der Waals surface area contributed by atoms with Gasteiger partial charge in [-0.1, -0.05) is 48.5 Å². The Hall–Kier alpha value is -3.72. The van der Waals surface area contributed by atoms with Crippen molar-refractivity contribution >= 4 is 0 Å². The lowest BCUT2D eigenvalue weighted by atomic mass is 10.0. The van der Waals surface area contributed by atoms with Crippen LogP contribution in [0.3, 0.4) is 0 Å². The SMILES string of the molecule is COc1ccc(CCc2cccc(Oc3cccc(CCc4cccc(O)c4)c3)c2)cc1. The van der Waals surface area contributed by atoms with Gasteiger partial charge in [0.25, 0.3) is 0 Å². The smallest absolute Gasteiger partial charge is 0.127 e. The highest BCUT2D eigenvalue weighted by Crippen LogP contribution is 2.25. The molecule has 0 bridgehead atoms. The molecule has 0 amide bonds. The number of aromatic hydroxyl groups is 1. The largest absolute Gasteiger partial charge is 0.508 e. The monoisotopic (exact) mass is 424 g/mol. The molecule has 0 radical (unpaired) electrons. The Morgan fingerprint density at radius 1 is 0.531 bits per heavy atom. The number of hydrogen-bond donors (Lipinski definition) is 1. The molecule has 0 unspecified atom stereocenters. The summed E-state index contributed by atoms with van der Waals surface area (Å²) in [4.78, 5) is 0. The number of ether oxygens (including phenoxy) is 2. The molecular weight excluding hydrogens is 396 g/mol. The summed E-state index contributed by atoms with van der Waals surface area (Å²) in [5.74, 6) is 2.88. The molecule has 32 heavy (non-hydrogen) atoms. The zero-order valence-corrected chi connectivity index (χ0v) is 18.3. The van der Waals surface area contributed by atoms with Crippen LogP contribution in [0.4, 0.5) is 0 Å². The predicted octanol–water partition coefficient (Wildman–Crippen LogP) is 6.76. The van der Waals surface area contributed by atoms with Gasteiger partial charge in [-0.15, -0.1) is 0 Å². The van der Waals surface area contributed by atoms with E-state index in [1.54, 1.807) is 13.2 Å². The standard InChI is InChI=1S/C29H28O3/c1-31-27-17-15-22(16-18-27)11-12-24-6-3-9-28(20-24)32-29-10-4-7-25(21-29)14-13-23-5-2-8-26(30)19-23/h2-10,15-21,30H,11-14H2,1H3. The van der Waals surface area contributed by atoms with Crippen LogP contribution in [0.5, 0.6) is 23.0 Å². The normalized spacial score (nSPS) is 10.7. The Labute approximate surface area is 189 Å². The number of hydrogen-bond acceptors (Lipinski definition) is 3. The van der Waals surface area contributed by atoms with Crippen molar-refractivity contribution in [1.82, 2.24) is 0 Å². The summed E-state index contributed by atoms with van der Waals surface area (Å²) in [7, 11) is 1.69. The van der Waals surface area contributed by atoms with Crippen molar-refractivity contribution in [2.24, 2.45) is 0 Å². The number of aryl methyl sites for hydroxylation is 4. The molecule has 4 aromatic carbocycles. The van der Waals surface area contributed by atoms with E-state index < -0.39 is 0 Å². The van der Waals surface area contributed by atoms with E-state index in [-0.39, 0.29) is 0 Å². The summed E-state index contributed by atoms with van der Waals surface area (Å²) in [6, 6.07) is 32.2. The van der Waals surface area contributed by atoms with Crippen molar-refractivity contribution in [2.75, 3.05) is 7.11 Å². The van der Waals surface area contributed by atoms with Gasteiger partial charge in [-0.3, -0.25) is 0 Å². The second kappa shape index (κ2) is 10.5. The fourth-order valence-electron chi connectivity index (χ4n) is 3.75. The highest BCUT2D eigenvalue weighted by Gasteiger charge is 2.03. The van der Waals surface area contributed by atoms with Crippen molar-refractivity contribution < 1.29 is 14.6 Å². The van der Waals surface area contributed by atoms with Crippen molar-refractivity contribution in [3.8, 4) is 23.0 Å². The third kappa shape index (κ3) is 6.14. The van der Waals surface area contributed by atoms with Gasteiger partial charge in [0.2, 0.25) is 0 Å². The van der Waals surface area contributed by atoms with E-state index >= 15 is 0 Å². The molecule has 4 rings (SSSR count). The van der Waals surface area contributed by atoms with Gasteiger partial charge in [-0.05, 0) is 96.5 Å². The molecule has 0 aromatic heterocycles. The van der Waals surface area contributed by atoms with Gasteiger partial charge >= 0.3 is 0 Å². The molecule has 0 saturated heterocycles. The molecular formula is C29H28O3. The van der Waals surface area contributed by atoms with Crippen LogP contribution in [0.25, 0.3) is 0 Å². The zero-order valence-electron chi connectivity index (χ0n) is 18.3. The number of phenols is 1. The average molecular weight is 425 g/mol. The molecule has 0 aliphatic rings. The molecule has 0 heterocycles. The predicted molar refractivity (Wildman–Crippen MR) is 129 cm³/mol. The number of rotatable bonds is 9. The van der Waals surface area contributed by atoms with Gasteiger partial charge in [0.05, 0.1) is 7.11 Å². The molecule has 1 N–H and O–H groups in total. The Balaban J connectivity index is 1.35. The van der Waals surface area contributed by atoms with E-state index in [0.29, 0.717) is 5.75 Å². The van der Waals surface area contributed by atoms with Gasteiger partial charge in [-0.25, -0.2) is 0 Å². The Kier molecular flexibility index (Phi) is 7.08. The molecule has 0 fully saturated rings. The minimum Gasteiger partial charge on any atom is -0.508 e. The van der Waals surface area contributed by atoms with Crippen LogP contribution < -0.4 is 9.47 Å². The molecule has 4 aromatic rings. The van der Waals surface area contributed by atoms with Gasteiger partial charge in [-0.2, -0.15) is 0 Å². The van der Waals surface area contributed by atoms with Crippen LogP contribution in [-0.4, -0.2) is 12.2 Å². The number of phenolic OH excluding ortho intramolecular Hbond substituents is 1. The lowest BCUT2D eigenvalue weighted by Gasteiger charge is -2.10. The van der Waals surface area contributed by atoms with Crippen LogP contribution in [0, 0.1) is 0 Å². The first kappa shape index (κ1) is 21.5. The summed E-state index contributed by atoms with van der Waals surface area (Å²) in [5, 5.41) is 9.64. The van der Waals surface area contributed by atoms with E-state index in [4.69, 9.17) is 9.47 Å². The van der Waals surface area contributed by atoms with E-state index in [1.165, 1.54) is 16.7 Å². The summed E-state index contributed by atoms with van der Waals surface area (Å²) in [6.45, 7) is 0. The second-order valence-corrected chi connectivity index (χ2v) is 7.91. The second-order valence-electron chi connectivity index (χ2n) is 7.91. The molecule has 0 aliphatic carbocycles. The van der Waals surface area contributed by atoms with E-state index in [1.807, 2.05) is 54.6 Å². The van der Waals surface area contributed by atoms with Crippen LogP contribution >= 0.6 is 0 Å². The lowest BCUT2D eigenvalue weighted by Crippen LogP contribution is -1.94. The van der Waals surface area contributed by atoms with Gasteiger partial charge in [0.1, 0.15) is 23.0 Å². The summed E-state index contributed by atoms with van der Waals surface area (Å²) in [5.41, 5.74) is 4.87. The van der Waals surface area contributed by atoms with Crippen LogP contribution in [0.2, 0.25) is 0 Å². The Bertz CT molecular complexity index is 1150. The third-order valence-electron chi connectivity index (χ3n) is 5.51. The molecule has 0 aliphatic heterocycles. The Morgan fingerprint density at radius 3 is 1.56 bits per heavy atom. The fraction of sp³-hybridized carbons (Fsp3) is 0.172. The number of benzene rings is 4. The lowest BCUT2D eigenvalue weighted by molar-refractivity contribution is 0.414. The highest BCUT2D eigenvalue weighted by molar-refractivity contribution is 5.37. The summed E-state index contributed by atoms with van der Waals surface area (Å²) < 4.78 is 11.4. The maximum Gasteiger partial charge on any atom is 0.127 e. The van der Waals surface area contributed by atoms with Gasteiger partial charge in [0.15, 0.2) is 0 Å². The minimum absolute atomic E-state index is 0.312. The van der Waals surface area contributed by atoms with Crippen LogP contribution in [-0.2, 0) is 25.7 Å². The molecule has 162 valence electrons. The van der Waals surface area contributed by atoms with Gasteiger partial charge in [0, 0.05) is 0 Å². The first-order valence-electron chi connectivity index (χ1n) is 10.9. The first-order valence-corrected chi connectivity index (χ1v) is 10.9. The van der Waals surface area contributed by atoms with Crippen molar-refractivity contribution in [3.63, 3.8) is 0 Å². The highest BCUT2D eigenvalue weighted by atomic mass is 16.5. The van der Waals surface area contributed by atoms with Gasteiger partial charge < -0.3 is 14.6 Å². The quantitative estimate of drug-likeness (QED) is 0.322. The Morgan fingerprint density at radius 2 is 1.03 bits per heavy atom. The summed E-state index contributed by atoms with van der Waals surface area (Å²) in [6.07, 6.45) is 3.69. The molecule has 3 heteroatoms. The first-order chi connectivity index (χ1) is 15.7. The van der Waals surface area contributed by atoms with Crippen LogP contribution in [0.15, 0.2) is 97.1 Å². The third-order valence-corrected chi connectivity index (χ3v) is 5.51. The average Bonchev–Trinajstić information content (AvgIpc) is 2.82. The molecule has 3 nitrogen and oxygen atoms in total. The van der Waals surface area contributed by atoms with Crippen molar-refractivity contribution in [3.05, 3.63) is 119 Å². The number of methoxy groups -OCH3 is 1. The molecule has 0 spiro atoms. The van der Waals surface area contributed by atoms with E-state index in [9.17, 15) is 5.11 Å². The molecule has 0 atom stereocenters. The summed E-state index contributed by atoms with van der Waals surface area (Å²) >= 11 is 0. The van der Waals surface area contributed by atoms with Crippen LogP contribution in [0.1, 0.15) is 22.3 Å². The van der Waals surface area contributed by atoms with E-state index in [0.717, 1.165) is 48.5 Å².